The second kappa shape index (κ2) is 3.34. The second-order valence-electron chi connectivity index (χ2n) is 3.17. The highest BCUT2D eigenvalue weighted by Gasteiger charge is 2.33. The molecule has 0 aliphatic carbocycles. The lowest BCUT2D eigenvalue weighted by atomic mass is 10.2. The van der Waals surface area contributed by atoms with Crippen molar-refractivity contribution in [3.05, 3.63) is 29.8 Å². The van der Waals surface area contributed by atoms with E-state index in [1.54, 1.807) is 18.2 Å². The van der Waals surface area contributed by atoms with Crippen LogP contribution in [0.5, 0.6) is 0 Å². The predicted octanol–water partition coefficient (Wildman–Crippen LogP) is 0.183. The zero-order chi connectivity index (χ0) is 10.2. The number of hydrogen-bond acceptors (Lipinski definition) is 3. The van der Waals surface area contributed by atoms with Gasteiger partial charge >= 0.3 is 0 Å². The molecule has 1 aromatic carbocycles. The fourth-order valence-electron chi connectivity index (χ4n) is 1.61. The topological polar surface area (TPSA) is 57.6 Å². The molecule has 1 aliphatic rings. The van der Waals surface area contributed by atoms with Crippen LogP contribution in [0.3, 0.4) is 0 Å². The lowest BCUT2D eigenvalue weighted by Crippen LogP contribution is -2.27. The van der Waals surface area contributed by atoms with Gasteiger partial charge in [-0.1, -0.05) is 18.2 Å². The highest BCUT2D eigenvalue weighted by atomic mass is 32.2. The molecule has 0 bridgehead atoms. The Bertz CT molecular complexity index is 441. The summed E-state index contributed by atoms with van der Waals surface area (Å²) in [5.74, 6) is 0. The normalized spacial score (nSPS) is 19.5. The van der Waals surface area contributed by atoms with Gasteiger partial charge in [-0.2, -0.15) is 4.31 Å². The molecule has 0 saturated carbocycles. The van der Waals surface area contributed by atoms with Gasteiger partial charge in [0.05, 0.1) is 11.5 Å². The molecule has 1 aromatic rings. The molecule has 4 nitrogen and oxygen atoms in total. The molecular formula is C9H11NO3S. The molecular weight excluding hydrogens is 202 g/mol. The third-order valence-corrected chi connectivity index (χ3v) is 4.23. The first kappa shape index (κ1) is 9.64. The number of β-amino-alcohol motifs (C(OH)–C–C–N with tert-alkyl or cyclic N) is 1. The van der Waals surface area contributed by atoms with E-state index in [1.165, 1.54) is 4.31 Å². The van der Waals surface area contributed by atoms with Crippen molar-refractivity contribution >= 4 is 10.0 Å². The van der Waals surface area contributed by atoms with E-state index in [0.29, 0.717) is 11.4 Å². The van der Waals surface area contributed by atoms with Gasteiger partial charge in [0, 0.05) is 13.1 Å². The van der Waals surface area contributed by atoms with Crippen LogP contribution in [-0.2, 0) is 16.6 Å². The molecule has 0 saturated heterocycles. The maximum Gasteiger partial charge on any atom is 0.243 e. The third kappa shape index (κ3) is 1.33. The van der Waals surface area contributed by atoms with E-state index < -0.39 is 10.0 Å². The number of aliphatic hydroxyl groups is 1. The summed E-state index contributed by atoms with van der Waals surface area (Å²) in [5, 5.41) is 8.73. The zero-order valence-electron chi connectivity index (χ0n) is 7.55. The lowest BCUT2D eigenvalue weighted by Gasteiger charge is -2.11. The third-order valence-electron chi connectivity index (χ3n) is 2.29. The molecule has 1 aliphatic heterocycles. The Hall–Kier alpha value is -0.910. The van der Waals surface area contributed by atoms with Gasteiger partial charge in [0.2, 0.25) is 10.0 Å². The van der Waals surface area contributed by atoms with E-state index in [0.717, 1.165) is 5.56 Å². The summed E-state index contributed by atoms with van der Waals surface area (Å²) >= 11 is 0. The van der Waals surface area contributed by atoms with Gasteiger partial charge in [-0.25, -0.2) is 8.42 Å². The first-order valence-corrected chi connectivity index (χ1v) is 5.79. The number of aliphatic hydroxyl groups excluding tert-OH is 1. The van der Waals surface area contributed by atoms with Crippen molar-refractivity contribution in [2.75, 3.05) is 13.2 Å². The molecule has 0 aromatic heterocycles. The first-order valence-electron chi connectivity index (χ1n) is 4.35. The molecule has 0 fully saturated rings. The van der Waals surface area contributed by atoms with Crippen LogP contribution < -0.4 is 0 Å². The van der Waals surface area contributed by atoms with E-state index in [4.69, 9.17) is 5.11 Å². The number of benzene rings is 1. The maximum atomic E-state index is 11.8. The van der Waals surface area contributed by atoms with Gasteiger partial charge in [0.15, 0.2) is 0 Å². The molecule has 1 heterocycles. The van der Waals surface area contributed by atoms with Gasteiger partial charge in [0.25, 0.3) is 0 Å². The van der Waals surface area contributed by atoms with Gasteiger partial charge in [-0.05, 0) is 11.6 Å². The fraction of sp³-hybridized carbons (Fsp3) is 0.333. The Labute approximate surface area is 82.8 Å². The van der Waals surface area contributed by atoms with Gasteiger partial charge in [0.1, 0.15) is 0 Å². The van der Waals surface area contributed by atoms with E-state index in [1.807, 2.05) is 6.07 Å². The Balaban J connectivity index is 2.46. The quantitative estimate of drug-likeness (QED) is 0.762. The summed E-state index contributed by atoms with van der Waals surface area (Å²) in [4.78, 5) is 0.369. The van der Waals surface area contributed by atoms with E-state index in [-0.39, 0.29) is 13.2 Å². The summed E-state index contributed by atoms with van der Waals surface area (Å²) < 4.78 is 24.9. The molecule has 5 heteroatoms. The highest BCUT2D eigenvalue weighted by molar-refractivity contribution is 7.89. The predicted molar refractivity (Wildman–Crippen MR) is 51.1 cm³/mol. The molecule has 0 amide bonds. The smallest absolute Gasteiger partial charge is 0.243 e. The summed E-state index contributed by atoms with van der Waals surface area (Å²) in [6.45, 7) is 0.392. The van der Waals surface area contributed by atoms with Crippen molar-refractivity contribution in [3.8, 4) is 0 Å². The number of fused-ring (bicyclic) bond motifs is 1. The Morgan fingerprint density at radius 1 is 1.36 bits per heavy atom. The van der Waals surface area contributed by atoms with Crippen LogP contribution in [0.15, 0.2) is 29.2 Å². The summed E-state index contributed by atoms with van der Waals surface area (Å²) in [5.41, 5.74) is 0.806. The van der Waals surface area contributed by atoms with E-state index in [9.17, 15) is 8.42 Å². The van der Waals surface area contributed by atoms with Gasteiger partial charge < -0.3 is 5.11 Å². The minimum Gasteiger partial charge on any atom is -0.395 e. The van der Waals surface area contributed by atoms with E-state index >= 15 is 0 Å². The Kier molecular flexibility index (Phi) is 2.30. The molecule has 76 valence electrons. The average molecular weight is 213 g/mol. The van der Waals surface area contributed by atoms with Crippen LogP contribution in [0.1, 0.15) is 5.56 Å². The van der Waals surface area contributed by atoms with Crippen LogP contribution in [0.4, 0.5) is 0 Å². The molecule has 0 unspecified atom stereocenters. The van der Waals surface area contributed by atoms with Crippen molar-refractivity contribution in [1.29, 1.82) is 0 Å². The van der Waals surface area contributed by atoms with Crippen molar-refractivity contribution in [1.82, 2.24) is 4.31 Å². The van der Waals surface area contributed by atoms with Crippen LogP contribution in [0.2, 0.25) is 0 Å². The molecule has 0 atom stereocenters. The SMILES string of the molecule is O=S1(=O)c2ccccc2CN1CCO. The van der Waals surface area contributed by atoms with Crippen molar-refractivity contribution in [2.24, 2.45) is 0 Å². The van der Waals surface area contributed by atoms with Crippen molar-refractivity contribution in [2.45, 2.75) is 11.4 Å². The maximum absolute atomic E-state index is 11.8. The second-order valence-corrected chi connectivity index (χ2v) is 5.08. The summed E-state index contributed by atoms with van der Waals surface area (Å²) in [6.07, 6.45) is 0. The first-order chi connectivity index (χ1) is 6.66. The molecule has 1 N–H and O–H groups in total. The fourth-order valence-corrected chi connectivity index (χ4v) is 3.23. The van der Waals surface area contributed by atoms with Crippen LogP contribution >= 0.6 is 0 Å². The van der Waals surface area contributed by atoms with Gasteiger partial charge in [-0.3, -0.25) is 0 Å². The molecule has 2 rings (SSSR count). The highest BCUT2D eigenvalue weighted by Crippen LogP contribution is 2.29. The number of sulfonamides is 1. The number of nitrogens with zero attached hydrogens (tertiary/aromatic N) is 1. The molecule has 0 radical (unpaired) electrons. The van der Waals surface area contributed by atoms with Crippen molar-refractivity contribution in [3.63, 3.8) is 0 Å². The Morgan fingerprint density at radius 2 is 2.07 bits per heavy atom. The van der Waals surface area contributed by atoms with Crippen molar-refractivity contribution < 1.29 is 13.5 Å². The number of rotatable bonds is 2. The minimum atomic E-state index is -3.34. The summed E-state index contributed by atoms with van der Waals surface area (Å²) in [7, 11) is -3.34. The standard InChI is InChI=1S/C9H11NO3S/c11-6-5-10-7-8-3-1-2-4-9(8)14(10,12)13/h1-4,11H,5-7H2. The van der Waals surface area contributed by atoms with Crippen LogP contribution in [-0.4, -0.2) is 31.0 Å². The molecule has 14 heavy (non-hydrogen) atoms. The largest absolute Gasteiger partial charge is 0.395 e. The minimum absolute atomic E-state index is 0.146. The van der Waals surface area contributed by atoms with Crippen LogP contribution in [0, 0.1) is 0 Å². The lowest BCUT2D eigenvalue weighted by molar-refractivity contribution is 0.254. The summed E-state index contributed by atoms with van der Waals surface area (Å²) in [6, 6.07) is 6.92. The average Bonchev–Trinajstić information content (AvgIpc) is 2.41. The monoisotopic (exact) mass is 213 g/mol. The number of hydrogen-bond donors (Lipinski definition) is 1. The van der Waals surface area contributed by atoms with Gasteiger partial charge in [-0.15, -0.1) is 0 Å². The zero-order valence-corrected chi connectivity index (χ0v) is 8.37. The van der Waals surface area contributed by atoms with E-state index in [2.05, 4.69) is 0 Å². The Morgan fingerprint density at radius 3 is 2.71 bits per heavy atom. The molecule has 0 spiro atoms. The van der Waals surface area contributed by atoms with Crippen LogP contribution in [0.25, 0.3) is 0 Å².